The largest absolute Gasteiger partial charge is 0.452 e. The number of carbonyl (C=O) groups excluding carboxylic acids is 1. The van der Waals surface area contributed by atoms with Crippen molar-refractivity contribution in [2.24, 2.45) is 0 Å². The van der Waals surface area contributed by atoms with Crippen molar-refractivity contribution in [1.29, 1.82) is 0 Å². The molecule has 0 spiro atoms. The fraction of sp³-hybridized carbons (Fsp3) is 0.235. The summed E-state index contributed by atoms with van der Waals surface area (Å²) in [5, 5.41) is 0. The molecule has 0 bridgehead atoms. The zero-order valence-electron chi connectivity index (χ0n) is 12.7. The molecular formula is C17H9BrF6O2. The van der Waals surface area contributed by atoms with Crippen molar-refractivity contribution in [3.05, 3.63) is 70.3 Å². The average Bonchev–Trinajstić information content (AvgIpc) is 2.89. The smallest absolute Gasteiger partial charge is 0.416 e. The highest BCUT2D eigenvalue weighted by Crippen LogP contribution is 2.46. The number of rotatable bonds is 2. The number of benzene rings is 2. The third-order valence-corrected chi connectivity index (χ3v) is 4.92. The minimum Gasteiger partial charge on any atom is -0.452 e. The number of carbonyl (C=O) groups is 1. The molecule has 0 aromatic heterocycles. The van der Waals surface area contributed by atoms with Crippen LogP contribution >= 0.6 is 15.9 Å². The van der Waals surface area contributed by atoms with Crippen LogP contribution in [0.4, 0.5) is 26.3 Å². The molecule has 2 aromatic rings. The van der Waals surface area contributed by atoms with Crippen LogP contribution in [0.1, 0.15) is 43.5 Å². The Kier molecular flexibility index (Phi) is 4.54. The molecule has 3 rings (SSSR count). The lowest BCUT2D eigenvalue weighted by Crippen LogP contribution is -2.14. The summed E-state index contributed by atoms with van der Waals surface area (Å²) in [7, 11) is 0. The SMILES string of the molecule is O=C1O[C@@H]([C@@H](Br)c2cc(C(F)(F)F)cc(C(F)(F)F)c2)c2ccccc21. The second-order valence-corrected chi connectivity index (χ2v) is 6.64. The first-order valence-corrected chi connectivity index (χ1v) is 8.13. The topological polar surface area (TPSA) is 26.3 Å². The number of cyclic esters (lactones) is 1. The highest BCUT2D eigenvalue weighted by molar-refractivity contribution is 9.09. The molecule has 2 aromatic carbocycles. The Morgan fingerprint density at radius 3 is 2.00 bits per heavy atom. The van der Waals surface area contributed by atoms with Gasteiger partial charge in [-0.1, -0.05) is 34.1 Å². The van der Waals surface area contributed by atoms with E-state index < -0.39 is 40.4 Å². The van der Waals surface area contributed by atoms with Crippen molar-refractivity contribution in [2.45, 2.75) is 23.3 Å². The van der Waals surface area contributed by atoms with Crippen LogP contribution in [-0.4, -0.2) is 5.97 Å². The minimum atomic E-state index is -4.95. The van der Waals surface area contributed by atoms with E-state index in [-0.39, 0.29) is 17.2 Å². The quantitative estimate of drug-likeness (QED) is 0.323. The monoisotopic (exact) mass is 438 g/mol. The summed E-state index contributed by atoms with van der Waals surface area (Å²) < 4.78 is 83.2. The van der Waals surface area contributed by atoms with Crippen LogP contribution in [0.5, 0.6) is 0 Å². The molecule has 26 heavy (non-hydrogen) atoms. The third-order valence-electron chi connectivity index (χ3n) is 3.92. The second kappa shape index (κ2) is 6.29. The number of ether oxygens (including phenoxy) is 1. The van der Waals surface area contributed by atoms with Crippen molar-refractivity contribution < 1.29 is 35.9 Å². The van der Waals surface area contributed by atoms with Gasteiger partial charge in [-0.05, 0) is 29.8 Å². The Hall–Kier alpha value is -2.03. The maximum atomic E-state index is 13.0. The first kappa shape index (κ1) is 18.8. The summed E-state index contributed by atoms with van der Waals surface area (Å²) in [4.78, 5) is 10.8. The van der Waals surface area contributed by atoms with E-state index in [1.807, 2.05) is 0 Å². The van der Waals surface area contributed by atoms with Gasteiger partial charge < -0.3 is 4.74 Å². The van der Waals surface area contributed by atoms with Crippen molar-refractivity contribution in [3.8, 4) is 0 Å². The van der Waals surface area contributed by atoms with Crippen LogP contribution < -0.4 is 0 Å². The van der Waals surface area contributed by atoms with Gasteiger partial charge in [-0.2, -0.15) is 26.3 Å². The van der Waals surface area contributed by atoms with Crippen LogP contribution in [0.25, 0.3) is 0 Å². The molecule has 138 valence electrons. The molecule has 1 aliphatic rings. The van der Waals surface area contributed by atoms with E-state index in [2.05, 4.69) is 15.9 Å². The van der Waals surface area contributed by atoms with Crippen LogP contribution in [0.3, 0.4) is 0 Å². The maximum absolute atomic E-state index is 13.0. The number of alkyl halides is 7. The van der Waals surface area contributed by atoms with Crippen molar-refractivity contribution in [1.82, 2.24) is 0 Å². The number of fused-ring (bicyclic) bond motifs is 1. The van der Waals surface area contributed by atoms with E-state index >= 15 is 0 Å². The van der Waals surface area contributed by atoms with Crippen LogP contribution in [0, 0.1) is 0 Å². The molecule has 2 nitrogen and oxygen atoms in total. The molecule has 0 unspecified atom stereocenters. The Bertz CT molecular complexity index is 827. The third kappa shape index (κ3) is 3.44. The highest BCUT2D eigenvalue weighted by atomic mass is 79.9. The van der Waals surface area contributed by atoms with Gasteiger partial charge in [0.05, 0.1) is 21.5 Å². The Labute approximate surface area is 151 Å². The molecule has 9 heteroatoms. The normalized spacial score (nSPS) is 18.4. The van der Waals surface area contributed by atoms with Gasteiger partial charge in [0.1, 0.15) is 6.10 Å². The van der Waals surface area contributed by atoms with E-state index in [4.69, 9.17) is 4.74 Å². The highest BCUT2D eigenvalue weighted by Gasteiger charge is 2.40. The molecular weight excluding hydrogens is 430 g/mol. The number of hydrogen-bond donors (Lipinski definition) is 0. The zero-order valence-corrected chi connectivity index (χ0v) is 14.2. The lowest BCUT2D eigenvalue weighted by atomic mass is 9.96. The van der Waals surface area contributed by atoms with Crippen molar-refractivity contribution in [2.75, 3.05) is 0 Å². The predicted octanol–water partition coefficient (Wildman–Crippen LogP) is 6.07. The second-order valence-electron chi connectivity index (χ2n) is 5.65. The van der Waals surface area contributed by atoms with Crippen LogP contribution in [0.15, 0.2) is 42.5 Å². The summed E-state index contributed by atoms with van der Waals surface area (Å²) >= 11 is 3.10. The predicted molar refractivity (Wildman–Crippen MR) is 82.7 cm³/mol. The first-order chi connectivity index (χ1) is 12.0. The number of halogens is 7. The van der Waals surface area contributed by atoms with E-state index in [9.17, 15) is 31.1 Å². The van der Waals surface area contributed by atoms with Crippen LogP contribution in [-0.2, 0) is 17.1 Å². The molecule has 0 N–H and O–H groups in total. The molecule has 0 amide bonds. The molecule has 0 fully saturated rings. The minimum absolute atomic E-state index is 0.0534. The van der Waals surface area contributed by atoms with Gasteiger partial charge in [0, 0.05) is 5.56 Å². The van der Waals surface area contributed by atoms with Crippen LogP contribution in [0.2, 0.25) is 0 Å². The van der Waals surface area contributed by atoms with Gasteiger partial charge in [0.2, 0.25) is 0 Å². The Morgan fingerprint density at radius 2 is 1.46 bits per heavy atom. The fourth-order valence-electron chi connectivity index (χ4n) is 2.70. The van der Waals surface area contributed by atoms with E-state index in [0.29, 0.717) is 17.7 Å². The summed E-state index contributed by atoms with van der Waals surface area (Å²) in [5.74, 6) is -0.682. The number of hydrogen-bond acceptors (Lipinski definition) is 2. The lowest BCUT2D eigenvalue weighted by molar-refractivity contribution is -0.143. The van der Waals surface area contributed by atoms with E-state index in [1.54, 1.807) is 12.1 Å². The van der Waals surface area contributed by atoms with Gasteiger partial charge in [-0.15, -0.1) is 0 Å². The van der Waals surface area contributed by atoms with Gasteiger partial charge in [0.15, 0.2) is 0 Å². The summed E-state index contributed by atoms with van der Waals surface area (Å²) in [6.07, 6.45) is -10.9. The summed E-state index contributed by atoms with van der Waals surface area (Å²) in [5.41, 5.74) is -2.52. The maximum Gasteiger partial charge on any atom is 0.416 e. The molecule has 2 atom stereocenters. The molecule has 0 saturated heterocycles. The average molecular weight is 439 g/mol. The molecule has 0 saturated carbocycles. The standard InChI is InChI=1S/C17H9BrF6O2/c18-13(14-11-3-1-2-4-12(11)15(25)26-14)8-5-9(16(19,20)21)7-10(6-8)17(22,23)24/h1-7,13-14H/t13-,14+/m0/s1. The summed E-state index contributed by atoms with van der Waals surface area (Å²) in [6, 6.07) is 7.48. The van der Waals surface area contributed by atoms with Crippen molar-refractivity contribution in [3.63, 3.8) is 0 Å². The van der Waals surface area contributed by atoms with Crippen molar-refractivity contribution >= 4 is 21.9 Å². The molecule has 1 aliphatic heterocycles. The molecule has 0 aliphatic carbocycles. The van der Waals surface area contributed by atoms with E-state index in [1.165, 1.54) is 12.1 Å². The van der Waals surface area contributed by atoms with Gasteiger partial charge >= 0.3 is 18.3 Å². The first-order valence-electron chi connectivity index (χ1n) is 7.22. The summed E-state index contributed by atoms with van der Waals surface area (Å²) in [6.45, 7) is 0. The lowest BCUT2D eigenvalue weighted by Gasteiger charge is -2.21. The van der Waals surface area contributed by atoms with E-state index in [0.717, 1.165) is 0 Å². The van der Waals surface area contributed by atoms with Gasteiger partial charge in [-0.3, -0.25) is 0 Å². The zero-order chi connectivity index (χ0) is 19.3. The Balaban J connectivity index is 2.08. The molecule has 1 heterocycles. The molecule has 0 radical (unpaired) electrons. The fourth-order valence-corrected chi connectivity index (χ4v) is 3.36. The van der Waals surface area contributed by atoms with Gasteiger partial charge in [0.25, 0.3) is 0 Å². The Morgan fingerprint density at radius 1 is 0.923 bits per heavy atom. The van der Waals surface area contributed by atoms with Gasteiger partial charge in [-0.25, -0.2) is 4.79 Å². The number of esters is 1.